The number of aliphatic hydroxyl groups is 1. The average Bonchev–Trinajstić information content (AvgIpc) is 2.85. The van der Waals surface area contributed by atoms with Crippen molar-refractivity contribution in [3.8, 4) is 6.07 Å². The Balaban J connectivity index is 1.87. The molecule has 1 aliphatic rings. The Hall–Kier alpha value is -2.05. The van der Waals surface area contributed by atoms with Crippen molar-refractivity contribution in [1.82, 2.24) is 4.57 Å². The lowest BCUT2D eigenvalue weighted by molar-refractivity contribution is 0.157. The number of hydrogen-bond donors (Lipinski definition) is 1. The molecule has 0 spiro atoms. The fourth-order valence-electron chi connectivity index (χ4n) is 2.95. The second kappa shape index (κ2) is 5.15. The van der Waals surface area contributed by atoms with Crippen LogP contribution in [-0.4, -0.2) is 9.67 Å². The number of aliphatic hydroxyl groups excluding tert-OH is 1. The number of aryl methyl sites for hydroxylation is 2. The van der Waals surface area contributed by atoms with Crippen molar-refractivity contribution >= 4 is 0 Å². The molecule has 3 rings (SSSR count). The van der Waals surface area contributed by atoms with Crippen molar-refractivity contribution in [2.75, 3.05) is 0 Å². The molecule has 0 bridgehead atoms. The van der Waals surface area contributed by atoms with Gasteiger partial charge in [-0.25, -0.2) is 0 Å². The lowest BCUT2D eigenvalue weighted by atomic mass is 9.93. The predicted molar refractivity (Wildman–Crippen MR) is 77.3 cm³/mol. The number of nitrogens with zero attached hydrogens (tertiary/aromatic N) is 2. The third-order valence-corrected chi connectivity index (χ3v) is 4.10. The minimum atomic E-state index is -0.304. The van der Waals surface area contributed by atoms with Crippen LogP contribution in [0.25, 0.3) is 0 Å². The van der Waals surface area contributed by atoms with E-state index in [0.717, 1.165) is 36.9 Å². The summed E-state index contributed by atoms with van der Waals surface area (Å²) in [6.45, 7) is 2.83. The van der Waals surface area contributed by atoms with Gasteiger partial charge in [-0.15, -0.1) is 0 Å². The first-order chi connectivity index (χ1) is 9.67. The highest BCUT2D eigenvalue weighted by Gasteiger charge is 2.19. The Bertz CT molecular complexity index is 679. The van der Waals surface area contributed by atoms with E-state index in [1.807, 2.05) is 25.1 Å². The van der Waals surface area contributed by atoms with Crippen molar-refractivity contribution < 1.29 is 5.11 Å². The molecule has 3 heteroatoms. The van der Waals surface area contributed by atoms with Crippen LogP contribution in [0.5, 0.6) is 0 Å². The van der Waals surface area contributed by atoms with Crippen LogP contribution in [0.4, 0.5) is 0 Å². The zero-order valence-corrected chi connectivity index (χ0v) is 11.6. The second-order valence-corrected chi connectivity index (χ2v) is 5.57. The Kier molecular flexibility index (Phi) is 3.33. The molecule has 1 atom stereocenters. The number of fused-ring (bicyclic) bond motifs is 1. The van der Waals surface area contributed by atoms with Crippen LogP contribution in [0.2, 0.25) is 0 Å². The van der Waals surface area contributed by atoms with Gasteiger partial charge in [-0.05, 0) is 55.0 Å². The summed E-state index contributed by atoms with van der Waals surface area (Å²) >= 11 is 0. The number of hydrogen-bond acceptors (Lipinski definition) is 2. The molecule has 1 unspecified atom stereocenters. The molecule has 0 saturated heterocycles. The highest BCUT2D eigenvalue weighted by molar-refractivity contribution is 5.38. The third kappa shape index (κ3) is 2.35. The van der Waals surface area contributed by atoms with Gasteiger partial charge < -0.3 is 9.67 Å². The largest absolute Gasteiger partial charge is 0.388 e. The van der Waals surface area contributed by atoms with Gasteiger partial charge in [-0.2, -0.15) is 5.26 Å². The van der Waals surface area contributed by atoms with E-state index in [9.17, 15) is 5.11 Å². The highest BCUT2D eigenvalue weighted by atomic mass is 16.3. The van der Waals surface area contributed by atoms with Crippen LogP contribution in [0.15, 0.2) is 30.6 Å². The van der Waals surface area contributed by atoms with Crippen LogP contribution in [0.3, 0.4) is 0 Å². The Morgan fingerprint density at radius 1 is 1.40 bits per heavy atom. The molecule has 1 aliphatic carbocycles. The Morgan fingerprint density at radius 2 is 2.25 bits per heavy atom. The van der Waals surface area contributed by atoms with Crippen molar-refractivity contribution in [3.05, 3.63) is 58.4 Å². The van der Waals surface area contributed by atoms with Crippen molar-refractivity contribution in [2.24, 2.45) is 0 Å². The molecular weight excluding hydrogens is 248 g/mol. The summed E-state index contributed by atoms with van der Waals surface area (Å²) in [6.07, 6.45) is 6.90. The van der Waals surface area contributed by atoms with E-state index in [4.69, 9.17) is 5.26 Å². The smallest absolute Gasteiger partial charge is 0.0991 e. The first kappa shape index (κ1) is 13.0. The summed E-state index contributed by atoms with van der Waals surface area (Å²) in [6, 6.07) is 7.97. The number of rotatable bonds is 2. The van der Waals surface area contributed by atoms with E-state index in [0.29, 0.717) is 5.56 Å². The molecule has 0 amide bonds. The minimum absolute atomic E-state index is 0.304. The van der Waals surface area contributed by atoms with Crippen LogP contribution >= 0.6 is 0 Å². The molecule has 20 heavy (non-hydrogen) atoms. The monoisotopic (exact) mass is 266 g/mol. The summed E-state index contributed by atoms with van der Waals surface area (Å²) < 4.78 is 2.15. The molecule has 1 aromatic carbocycles. The van der Waals surface area contributed by atoms with Crippen LogP contribution in [-0.2, 0) is 13.0 Å². The summed E-state index contributed by atoms with van der Waals surface area (Å²) in [5, 5.41) is 18.9. The summed E-state index contributed by atoms with van der Waals surface area (Å²) in [5.41, 5.74) is 5.41. The van der Waals surface area contributed by atoms with Crippen LogP contribution < -0.4 is 0 Å². The van der Waals surface area contributed by atoms with Crippen molar-refractivity contribution in [2.45, 2.75) is 38.8 Å². The molecule has 102 valence electrons. The van der Waals surface area contributed by atoms with Gasteiger partial charge >= 0.3 is 0 Å². The average molecular weight is 266 g/mol. The molecular formula is C17H18N2O. The quantitative estimate of drug-likeness (QED) is 0.908. The SMILES string of the molecule is Cc1cc(C#N)ccc1Cn1cc2c(c1)C(O)CCC2. The van der Waals surface area contributed by atoms with Crippen LogP contribution in [0.1, 0.15) is 46.8 Å². The van der Waals surface area contributed by atoms with Gasteiger partial charge in [0.2, 0.25) is 0 Å². The molecule has 0 fully saturated rings. The third-order valence-electron chi connectivity index (χ3n) is 4.10. The second-order valence-electron chi connectivity index (χ2n) is 5.57. The first-order valence-electron chi connectivity index (χ1n) is 7.03. The normalized spacial score (nSPS) is 17.6. The lowest BCUT2D eigenvalue weighted by Crippen LogP contribution is -2.05. The molecule has 3 nitrogen and oxygen atoms in total. The zero-order chi connectivity index (χ0) is 14.1. The van der Waals surface area contributed by atoms with Crippen LogP contribution in [0, 0.1) is 18.3 Å². The number of benzene rings is 1. The fraction of sp³-hybridized carbons (Fsp3) is 0.353. The predicted octanol–water partition coefficient (Wildman–Crippen LogP) is 3.09. The van der Waals surface area contributed by atoms with Gasteiger partial charge in [-0.1, -0.05) is 6.07 Å². The molecule has 1 aromatic heterocycles. The van der Waals surface area contributed by atoms with Crippen molar-refractivity contribution in [3.63, 3.8) is 0 Å². The van der Waals surface area contributed by atoms with Gasteiger partial charge in [0, 0.05) is 24.5 Å². The molecule has 1 N–H and O–H groups in total. The van der Waals surface area contributed by atoms with E-state index >= 15 is 0 Å². The highest BCUT2D eigenvalue weighted by Crippen LogP contribution is 2.30. The van der Waals surface area contributed by atoms with Gasteiger partial charge in [0.15, 0.2) is 0 Å². The maximum atomic E-state index is 10.0. The Morgan fingerprint density at radius 3 is 2.95 bits per heavy atom. The van der Waals surface area contributed by atoms with Gasteiger partial charge in [0.05, 0.1) is 17.7 Å². The van der Waals surface area contributed by atoms with Gasteiger partial charge in [-0.3, -0.25) is 0 Å². The Labute approximate surface area is 119 Å². The van der Waals surface area contributed by atoms with E-state index < -0.39 is 0 Å². The zero-order valence-electron chi connectivity index (χ0n) is 11.6. The molecule has 1 heterocycles. The maximum absolute atomic E-state index is 10.0. The van der Waals surface area contributed by atoms with E-state index in [-0.39, 0.29) is 6.10 Å². The van der Waals surface area contributed by atoms with Crippen molar-refractivity contribution in [1.29, 1.82) is 5.26 Å². The molecule has 0 aliphatic heterocycles. The summed E-state index contributed by atoms with van der Waals surface area (Å²) in [5.74, 6) is 0. The molecule has 0 radical (unpaired) electrons. The number of aromatic nitrogens is 1. The molecule has 2 aromatic rings. The van der Waals surface area contributed by atoms with E-state index in [1.165, 1.54) is 11.1 Å². The summed E-state index contributed by atoms with van der Waals surface area (Å²) in [7, 11) is 0. The standard InChI is InChI=1S/C17H18N2O/c1-12-7-13(8-18)5-6-14(12)9-19-10-15-3-2-4-17(20)16(15)11-19/h5-7,10-11,17,20H,2-4,9H2,1H3. The maximum Gasteiger partial charge on any atom is 0.0991 e. The van der Waals surface area contributed by atoms with E-state index in [1.54, 1.807) is 0 Å². The summed E-state index contributed by atoms with van der Waals surface area (Å²) in [4.78, 5) is 0. The first-order valence-corrected chi connectivity index (χ1v) is 7.03. The molecule has 0 saturated carbocycles. The van der Waals surface area contributed by atoms with E-state index in [2.05, 4.69) is 23.0 Å². The lowest BCUT2D eigenvalue weighted by Gasteiger charge is -2.16. The van der Waals surface area contributed by atoms with Gasteiger partial charge in [0.1, 0.15) is 0 Å². The van der Waals surface area contributed by atoms with Gasteiger partial charge in [0.25, 0.3) is 0 Å². The minimum Gasteiger partial charge on any atom is -0.388 e. The topological polar surface area (TPSA) is 49.0 Å². The fourth-order valence-corrected chi connectivity index (χ4v) is 2.95. The number of nitriles is 1.